The zero-order valence-corrected chi connectivity index (χ0v) is 4.46. The number of carbonyl (C=O) groups excluding carboxylic acids is 2. The van der Waals surface area contributed by atoms with Crippen molar-refractivity contribution in [1.29, 1.82) is 5.26 Å². The molecule has 2 N–H and O–H groups in total. The lowest BCUT2D eigenvalue weighted by atomic mass is 10.5. The molecule has 0 aliphatic carbocycles. The molecule has 0 unspecified atom stereocenters. The van der Waals surface area contributed by atoms with Crippen LogP contribution in [-0.2, 0) is 9.53 Å². The average Bonchev–Trinajstić information content (AvgIpc) is 1.63. The van der Waals surface area contributed by atoms with Crippen LogP contribution in [0.4, 0.5) is 4.79 Å². The molecule has 0 aliphatic heterocycles. The fourth-order valence-electron chi connectivity index (χ4n) is 0.213. The zero-order chi connectivity index (χ0) is 7.28. The number of nitrogens with zero attached hydrogens (tertiary/aromatic N) is 1. The fourth-order valence-corrected chi connectivity index (χ4v) is 0.213. The molecule has 0 fully saturated rings. The molecule has 5 nitrogen and oxygen atoms in total. The first kappa shape index (κ1) is 7.43. The normalized spacial score (nSPS) is 7.44. The van der Waals surface area contributed by atoms with Crippen LogP contribution in [-0.4, -0.2) is 12.1 Å². The highest BCUT2D eigenvalue weighted by atomic mass is 16.6. The number of hydrogen-bond donors (Lipinski definition) is 1. The number of amides is 1. The molecule has 0 atom stereocenters. The number of nitrogens with two attached hydrogens (primary N) is 1. The van der Waals surface area contributed by atoms with E-state index in [0.717, 1.165) is 0 Å². The summed E-state index contributed by atoms with van der Waals surface area (Å²) in [6, 6.07) is 1.49. The predicted molar refractivity (Wildman–Crippen MR) is 25.9 cm³/mol. The zero-order valence-electron chi connectivity index (χ0n) is 4.46. The molecule has 0 saturated carbocycles. The number of ether oxygens (including phenoxy) is 1. The second-order valence-electron chi connectivity index (χ2n) is 1.13. The van der Waals surface area contributed by atoms with Crippen LogP contribution in [0.15, 0.2) is 0 Å². The van der Waals surface area contributed by atoms with Crippen LogP contribution in [0.25, 0.3) is 0 Å². The molecule has 0 heterocycles. The van der Waals surface area contributed by atoms with Gasteiger partial charge in [0.2, 0.25) is 0 Å². The number of nitriles is 1. The van der Waals surface area contributed by atoms with Gasteiger partial charge in [-0.15, -0.1) is 0 Å². The summed E-state index contributed by atoms with van der Waals surface area (Å²) >= 11 is 0. The van der Waals surface area contributed by atoms with E-state index in [1.807, 2.05) is 0 Å². The SMILES string of the molecule is N#CCC(=O)OC(N)=O. The lowest BCUT2D eigenvalue weighted by molar-refractivity contribution is -0.135. The highest BCUT2D eigenvalue weighted by Crippen LogP contribution is 1.81. The van der Waals surface area contributed by atoms with Gasteiger partial charge in [-0.05, 0) is 0 Å². The van der Waals surface area contributed by atoms with Gasteiger partial charge < -0.3 is 10.5 Å². The Labute approximate surface area is 51.0 Å². The number of rotatable bonds is 1. The highest BCUT2D eigenvalue weighted by molar-refractivity contribution is 5.84. The lowest BCUT2D eigenvalue weighted by Gasteiger charge is -1.90. The summed E-state index contributed by atoms with van der Waals surface area (Å²) in [7, 11) is 0. The van der Waals surface area contributed by atoms with E-state index in [-0.39, 0.29) is 0 Å². The van der Waals surface area contributed by atoms with Crippen molar-refractivity contribution in [2.45, 2.75) is 6.42 Å². The van der Waals surface area contributed by atoms with Crippen molar-refractivity contribution in [3.63, 3.8) is 0 Å². The van der Waals surface area contributed by atoms with Gasteiger partial charge in [-0.2, -0.15) is 5.26 Å². The number of primary amides is 1. The van der Waals surface area contributed by atoms with Crippen LogP contribution in [0.1, 0.15) is 6.42 Å². The van der Waals surface area contributed by atoms with E-state index in [1.54, 1.807) is 0 Å². The van der Waals surface area contributed by atoms with E-state index in [9.17, 15) is 9.59 Å². The summed E-state index contributed by atoms with van der Waals surface area (Å²) in [5.41, 5.74) is 4.43. The van der Waals surface area contributed by atoms with Gasteiger partial charge in [-0.1, -0.05) is 0 Å². The third kappa shape index (κ3) is 4.28. The Morgan fingerprint density at radius 1 is 1.67 bits per heavy atom. The second kappa shape index (κ2) is 3.43. The van der Waals surface area contributed by atoms with Crippen LogP contribution in [0.2, 0.25) is 0 Å². The molecule has 5 heteroatoms. The minimum Gasteiger partial charge on any atom is -0.376 e. The predicted octanol–water partition coefficient (Wildman–Crippen LogP) is -0.478. The smallest absolute Gasteiger partial charge is 0.376 e. The van der Waals surface area contributed by atoms with E-state index in [1.165, 1.54) is 6.07 Å². The van der Waals surface area contributed by atoms with Gasteiger partial charge in [0.1, 0.15) is 6.42 Å². The molecule has 0 radical (unpaired) electrons. The van der Waals surface area contributed by atoms with E-state index in [0.29, 0.717) is 0 Å². The van der Waals surface area contributed by atoms with Crippen molar-refractivity contribution in [3.8, 4) is 6.07 Å². The summed E-state index contributed by atoms with van der Waals surface area (Å²) < 4.78 is 3.77. The van der Waals surface area contributed by atoms with E-state index in [4.69, 9.17) is 5.26 Å². The molecule has 0 aromatic rings. The summed E-state index contributed by atoms with van der Waals surface area (Å²) in [4.78, 5) is 19.9. The molecule has 0 aromatic carbocycles. The van der Waals surface area contributed by atoms with Crippen molar-refractivity contribution in [3.05, 3.63) is 0 Å². The summed E-state index contributed by atoms with van der Waals surface area (Å²) in [6.07, 6.45) is -1.64. The summed E-state index contributed by atoms with van der Waals surface area (Å²) in [6.45, 7) is 0. The highest BCUT2D eigenvalue weighted by Gasteiger charge is 2.03. The first-order valence-corrected chi connectivity index (χ1v) is 2.04. The van der Waals surface area contributed by atoms with Crippen molar-refractivity contribution in [2.75, 3.05) is 0 Å². The maximum atomic E-state index is 10.1. The van der Waals surface area contributed by atoms with Crippen molar-refractivity contribution >= 4 is 12.1 Å². The van der Waals surface area contributed by atoms with Gasteiger partial charge in [0.05, 0.1) is 6.07 Å². The Hall–Kier alpha value is -1.57. The van der Waals surface area contributed by atoms with Crippen molar-refractivity contribution in [2.24, 2.45) is 5.73 Å². The molecule has 0 aliphatic rings. The van der Waals surface area contributed by atoms with E-state index < -0.39 is 18.5 Å². The van der Waals surface area contributed by atoms with Crippen molar-refractivity contribution < 1.29 is 14.3 Å². The second-order valence-corrected chi connectivity index (χ2v) is 1.13. The molecule has 1 amide bonds. The quantitative estimate of drug-likeness (QED) is 0.381. The summed E-state index contributed by atoms with van der Waals surface area (Å²) in [5, 5.41) is 7.85. The van der Waals surface area contributed by atoms with Crippen LogP contribution >= 0.6 is 0 Å². The lowest BCUT2D eigenvalue weighted by Crippen LogP contribution is -2.17. The molecule has 0 rings (SSSR count). The third-order valence-corrected chi connectivity index (χ3v) is 0.438. The number of carbonyl (C=O) groups is 2. The topological polar surface area (TPSA) is 93.2 Å². The van der Waals surface area contributed by atoms with E-state index in [2.05, 4.69) is 10.5 Å². The van der Waals surface area contributed by atoms with Gasteiger partial charge in [0.15, 0.2) is 0 Å². The Bertz CT molecular complexity index is 169. The average molecular weight is 128 g/mol. The molecule has 0 bridgehead atoms. The van der Waals surface area contributed by atoms with E-state index >= 15 is 0 Å². The van der Waals surface area contributed by atoms with Gasteiger partial charge in [0, 0.05) is 0 Å². The maximum absolute atomic E-state index is 10.1. The largest absolute Gasteiger partial charge is 0.412 e. The van der Waals surface area contributed by atoms with Gasteiger partial charge in [-0.25, -0.2) is 4.79 Å². The number of esters is 1. The fraction of sp³-hybridized carbons (Fsp3) is 0.250. The minimum atomic E-state index is -1.18. The first-order chi connectivity index (χ1) is 4.16. The number of hydrogen-bond acceptors (Lipinski definition) is 4. The third-order valence-electron chi connectivity index (χ3n) is 0.438. The molecule has 0 saturated heterocycles. The molecule has 0 aromatic heterocycles. The Balaban J connectivity index is 3.54. The summed E-state index contributed by atoms with van der Waals surface area (Å²) in [5.74, 6) is -0.926. The van der Waals surface area contributed by atoms with Gasteiger partial charge in [-0.3, -0.25) is 4.79 Å². The molecule has 9 heavy (non-hydrogen) atoms. The molecule has 0 spiro atoms. The molecular weight excluding hydrogens is 124 g/mol. The molecular formula is C4H4N2O3. The Kier molecular flexibility index (Phi) is 2.84. The Morgan fingerprint density at radius 3 is 2.56 bits per heavy atom. The molecule has 48 valence electrons. The van der Waals surface area contributed by atoms with Crippen LogP contribution < -0.4 is 5.73 Å². The maximum Gasteiger partial charge on any atom is 0.412 e. The van der Waals surface area contributed by atoms with Crippen molar-refractivity contribution in [1.82, 2.24) is 0 Å². The van der Waals surface area contributed by atoms with Crippen LogP contribution in [0, 0.1) is 11.3 Å². The minimum absolute atomic E-state index is 0.455. The van der Waals surface area contributed by atoms with Crippen LogP contribution in [0.3, 0.4) is 0 Å². The standard InChI is InChI=1S/C4H4N2O3/c5-2-1-3(7)9-4(6)8/h1H2,(H2,6,8). The van der Waals surface area contributed by atoms with Gasteiger partial charge in [0.25, 0.3) is 0 Å². The van der Waals surface area contributed by atoms with Gasteiger partial charge >= 0.3 is 12.1 Å². The Morgan fingerprint density at radius 2 is 2.22 bits per heavy atom. The van der Waals surface area contributed by atoms with Crippen LogP contribution in [0.5, 0.6) is 0 Å². The monoisotopic (exact) mass is 128 g/mol. The first-order valence-electron chi connectivity index (χ1n) is 2.04.